The van der Waals surface area contributed by atoms with Crippen LogP contribution < -0.4 is 4.72 Å². The van der Waals surface area contributed by atoms with Crippen molar-refractivity contribution in [2.45, 2.75) is 0 Å². The highest BCUT2D eigenvalue weighted by atomic mass is 32.2. The summed E-state index contributed by atoms with van der Waals surface area (Å²) in [4.78, 5) is 10.8. The fraction of sp³-hybridized carbons (Fsp3) is 0.571. The Kier molecular flexibility index (Phi) is 3.62. The van der Waals surface area contributed by atoms with Crippen LogP contribution in [-0.4, -0.2) is 44.9 Å². The predicted octanol–water partition coefficient (Wildman–Crippen LogP) is -1.13. The van der Waals surface area contributed by atoms with Crippen molar-refractivity contribution in [3.8, 4) is 0 Å². The monoisotopic (exact) mass is 220 g/mol. The lowest BCUT2D eigenvalue weighted by molar-refractivity contribution is -0.114. The van der Waals surface area contributed by atoms with Crippen molar-refractivity contribution in [2.75, 3.05) is 26.3 Å². The number of nitrogens with one attached hydrogen (secondary N) is 1. The number of hydrogen-bond donors (Lipinski definition) is 1. The van der Waals surface area contributed by atoms with E-state index in [1.165, 1.54) is 0 Å². The van der Waals surface area contributed by atoms with Gasteiger partial charge in [0.15, 0.2) is 0 Å². The molecule has 1 saturated heterocycles. The van der Waals surface area contributed by atoms with E-state index < -0.39 is 16.1 Å². The number of rotatable bonds is 3. The molecule has 1 heterocycles. The van der Waals surface area contributed by atoms with Crippen LogP contribution in [0.3, 0.4) is 0 Å². The lowest BCUT2D eigenvalue weighted by Gasteiger charge is -2.25. The van der Waals surface area contributed by atoms with Gasteiger partial charge in [0.25, 0.3) is 5.91 Å². The third-order valence-corrected chi connectivity index (χ3v) is 3.23. The predicted molar refractivity (Wildman–Crippen MR) is 49.7 cm³/mol. The van der Waals surface area contributed by atoms with E-state index in [1.54, 1.807) is 0 Å². The van der Waals surface area contributed by atoms with Crippen LogP contribution in [0.2, 0.25) is 0 Å². The zero-order valence-corrected chi connectivity index (χ0v) is 8.42. The molecule has 0 aromatic heterocycles. The number of nitrogens with zero attached hydrogens (tertiary/aromatic N) is 1. The van der Waals surface area contributed by atoms with Gasteiger partial charge in [-0.25, -0.2) is 4.72 Å². The maximum absolute atomic E-state index is 11.4. The van der Waals surface area contributed by atoms with Gasteiger partial charge in [0.1, 0.15) is 0 Å². The number of morpholine rings is 1. The molecule has 1 aliphatic rings. The molecule has 14 heavy (non-hydrogen) atoms. The average Bonchev–Trinajstić information content (AvgIpc) is 2.18. The van der Waals surface area contributed by atoms with Crippen LogP contribution in [0.4, 0.5) is 0 Å². The van der Waals surface area contributed by atoms with Gasteiger partial charge < -0.3 is 4.74 Å². The standard InChI is InChI=1S/C7H12N2O4S/c1-2-7(10)8-14(11,12)9-3-5-13-6-4-9/h2H,1,3-6H2,(H,8,10). The van der Waals surface area contributed by atoms with Gasteiger partial charge in [-0.2, -0.15) is 12.7 Å². The number of amides is 1. The molecule has 1 N–H and O–H groups in total. The van der Waals surface area contributed by atoms with Crippen LogP contribution >= 0.6 is 0 Å². The number of carbonyl (C=O) groups is 1. The second-order valence-electron chi connectivity index (χ2n) is 2.69. The van der Waals surface area contributed by atoms with Gasteiger partial charge in [-0.3, -0.25) is 4.79 Å². The molecule has 0 saturated carbocycles. The highest BCUT2D eigenvalue weighted by Gasteiger charge is 2.24. The SMILES string of the molecule is C=CC(=O)NS(=O)(=O)N1CCOCC1. The Balaban J connectivity index is 2.63. The normalized spacial score (nSPS) is 18.9. The summed E-state index contributed by atoms with van der Waals surface area (Å²) in [5, 5.41) is 0. The van der Waals surface area contributed by atoms with E-state index in [0.29, 0.717) is 13.2 Å². The third kappa shape index (κ3) is 2.79. The molecule has 1 fully saturated rings. The van der Waals surface area contributed by atoms with Gasteiger partial charge in [0.05, 0.1) is 13.2 Å². The molecule has 0 aromatic carbocycles. The van der Waals surface area contributed by atoms with Crippen molar-refractivity contribution in [2.24, 2.45) is 0 Å². The van der Waals surface area contributed by atoms with Gasteiger partial charge >= 0.3 is 10.2 Å². The summed E-state index contributed by atoms with van der Waals surface area (Å²) in [6.45, 7) is 4.40. The van der Waals surface area contributed by atoms with Crippen molar-refractivity contribution in [3.05, 3.63) is 12.7 Å². The molecule has 0 unspecified atom stereocenters. The first-order valence-corrected chi connectivity index (χ1v) is 5.52. The van der Waals surface area contributed by atoms with E-state index in [2.05, 4.69) is 6.58 Å². The van der Waals surface area contributed by atoms with E-state index in [0.717, 1.165) is 10.4 Å². The average molecular weight is 220 g/mol. The molecule has 0 spiro atoms. The molecule has 0 aromatic rings. The van der Waals surface area contributed by atoms with Crippen molar-refractivity contribution >= 4 is 16.1 Å². The Hall–Kier alpha value is -0.920. The molecule has 1 rings (SSSR count). The van der Waals surface area contributed by atoms with Crippen molar-refractivity contribution < 1.29 is 17.9 Å². The largest absolute Gasteiger partial charge is 0.379 e. The molecule has 6 nitrogen and oxygen atoms in total. The molecule has 1 aliphatic heterocycles. The molecular weight excluding hydrogens is 208 g/mol. The third-order valence-electron chi connectivity index (χ3n) is 1.72. The van der Waals surface area contributed by atoms with Crippen LogP contribution in [0.25, 0.3) is 0 Å². The van der Waals surface area contributed by atoms with Crippen molar-refractivity contribution in [3.63, 3.8) is 0 Å². The molecule has 0 atom stereocenters. The van der Waals surface area contributed by atoms with Crippen molar-refractivity contribution in [1.29, 1.82) is 0 Å². The lowest BCUT2D eigenvalue weighted by Crippen LogP contribution is -2.47. The van der Waals surface area contributed by atoms with E-state index in [4.69, 9.17) is 4.74 Å². The second-order valence-corrected chi connectivity index (χ2v) is 4.36. The van der Waals surface area contributed by atoms with Gasteiger partial charge in [0.2, 0.25) is 0 Å². The van der Waals surface area contributed by atoms with E-state index in [-0.39, 0.29) is 13.1 Å². The fourth-order valence-corrected chi connectivity index (χ4v) is 2.12. The number of carbonyl (C=O) groups excluding carboxylic acids is 1. The minimum atomic E-state index is -3.71. The van der Waals surface area contributed by atoms with E-state index in [9.17, 15) is 13.2 Å². The lowest BCUT2D eigenvalue weighted by atomic mass is 10.5. The smallest absolute Gasteiger partial charge is 0.304 e. The Labute approximate surface area is 82.7 Å². The summed E-state index contributed by atoms with van der Waals surface area (Å²) in [7, 11) is -3.71. The Morgan fingerprint density at radius 3 is 2.50 bits per heavy atom. The number of ether oxygens (including phenoxy) is 1. The topological polar surface area (TPSA) is 75.7 Å². The van der Waals surface area contributed by atoms with E-state index >= 15 is 0 Å². The minimum absolute atomic E-state index is 0.264. The van der Waals surface area contributed by atoms with Crippen LogP contribution in [-0.2, 0) is 19.7 Å². The van der Waals surface area contributed by atoms with Crippen LogP contribution in [0.1, 0.15) is 0 Å². The van der Waals surface area contributed by atoms with Gasteiger partial charge in [-0.1, -0.05) is 6.58 Å². The Bertz CT molecular complexity index is 319. The van der Waals surface area contributed by atoms with Crippen LogP contribution in [0, 0.1) is 0 Å². The molecule has 1 amide bonds. The molecule has 0 aliphatic carbocycles. The summed E-state index contributed by atoms with van der Waals surface area (Å²) in [5.74, 6) is -0.725. The fourth-order valence-electron chi connectivity index (χ4n) is 1.02. The Morgan fingerprint density at radius 2 is 2.00 bits per heavy atom. The molecular formula is C7H12N2O4S. The minimum Gasteiger partial charge on any atom is -0.379 e. The first kappa shape index (κ1) is 11.2. The summed E-state index contributed by atoms with van der Waals surface area (Å²) < 4.78 is 30.9. The van der Waals surface area contributed by atoms with Crippen LogP contribution in [0.15, 0.2) is 12.7 Å². The maximum Gasteiger partial charge on any atom is 0.304 e. The molecule has 7 heteroatoms. The first-order chi connectivity index (χ1) is 6.56. The van der Waals surface area contributed by atoms with Crippen molar-refractivity contribution in [1.82, 2.24) is 9.03 Å². The van der Waals surface area contributed by atoms with E-state index in [1.807, 2.05) is 4.72 Å². The Morgan fingerprint density at radius 1 is 1.43 bits per heavy atom. The summed E-state index contributed by atoms with van der Waals surface area (Å²) in [6, 6.07) is 0. The summed E-state index contributed by atoms with van der Waals surface area (Å²) in [6.07, 6.45) is 0.915. The summed E-state index contributed by atoms with van der Waals surface area (Å²) >= 11 is 0. The second kappa shape index (κ2) is 4.54. The highest BCUT2D eigenvalue weighted by molar-refractivity contribution is 7.87. The molecule has 0 bridgehead atoms. The molecule has 80 valence electrons. The first-order valence-electron chi connectivity index (χ1n) is 4.08. The quantitative estimate of drug-likeness (QED) is 0.610. The zero-order chi connectivity index (χ0) is 10.6. The zero-order valence-electron chi connectivity index (χ0n) is 7.60. The highest BCUT2D eigenvalue weighted by Crippen LogP contribution is 2.02. The maximum atomic E-state index is 11.4. The number of hydrogen-bond acceptors (Lipinski definition) is 4. The summed E-state index contributed by atoms with van der Waals surface area (Å²) in [5.41, 5.74) is 0. The van der Waals surface area contributed by atoms with Gasteiger partial charge in [-0.15, -0.1) is 0 Å². The molecule has 0 radical (unpaired) electrons. The van der Waals surface area contributed by atoms with Gasteiger partial charge in [0, 0.05) is 13.1 Å². The van der Waals surface area contributed by atoms with Gasteiger partial charge in [-0.05, 0) is 6.08 Å². The van der Waals surface area contributed by atoms with Crippen LogP contribution in [0.5, 0.6) is 0 Å².